The van der Waals surface area contributed by atoms with Crippen LogP contribution in [0.15, 0.2) is 40.0 Å². The zero-order chi connectivity index (χ0) is 15.6. The summed E-state index contributed by atoms with van der Waals surface area (Å²) in [6.07, 6.45) is 2.56. The summed E-state index contributed by atoms with van der Waals surface area (Å²) in [5, 5.41) is 0.412. The Kier molecular flexibility index (Phi) is 4.98. The van der Waals surface area contributed by atoms with Crippen molar-refractivity contribution in [2.24, 2.45) is 0 Å². The van der Waals surface area contributed by atoms with Crippen LogP contribution in [0.2, 0.25) is 10.0 Å². The van der Waals surface area contributed by atoms with Crippen LogP contribution in [-0.2, 0) is 10.0 Å². The SMILES string of the molecule is COc1c(Br)cc(Cl)cc1NS(=O)(=O)c1cnccc1Cl. The van der Waals surface area contributed by atoms with Crippen molar-refractivity contribution in [3.05, 3.63) is 45.1 Å². The van der Waals surface area contributed by atoms with Gasteiger partial charge in [0.05, 0.1) is 22.3 Å². The molecule has 0 aliphatic heterocycles. The highest BCUT2D eigenvalue weighted by Crippen LogP contribution is 2.37. The summed E-state index contributed by atoms with van der Waals surface area (Å²) in [6, 6.07) is 4.42. The summed E-state index contributed by atoms with van der Waals surface area (Å²) in [4.78, 5) is 3.63. The van der Waals surface area contributed by atoms with E-state index in [4.69, 9.17) is 27.9 Å². The second-order valence-electron chi connectivity index (χ2n) is 3.88. The Balaban J connectivity index is 2.49. The highest BCUT2D eigenvalue weighted by Gasteiger charge is 2.21. The zero-order valence-corrected chi connectivity index (χ0v) is 14.5. The Morgan fingerprint density at radius 3 is 2.67 bits per heavy atom. The van der Waals surface area contributed by atoms with Crippen LogP contribution in [0.1, 0.15) is 0 Å². The molecular formula is C12H9BrCl2N2O3S. The lowest BCUT2D eigenvalue weighted by Gasteiger charge is -2.14. The first kappa shape index (κ1) is 16.4. The third-order valence-corrected chi connectivity index (χ3v) is 5.12. The minimum Gasteiger partial charge on any atom is -0.493 e. The van der Waals surface area contributed by atoms with Gasteiger partial charge in [0.2, 0.25) is 0 Å². The smallest absolute Gasteiger partial charge is 0.265 e. The van der Waals surface area contributed by atoms with Gasteiger partial charge in [-0.3, -0.25) is 9.71 Å². The van der Waals surface area contributed by atoms with Crippen LogP contribution in [0.3, 0.4) is 0 Å². The van der Waals surface area contributed by atoms with E-state index in [-0.39, 0.29) is 15.6 Å². The summed E-state index contributed by atoms with van der Waals surface area (Å²) in [6.45, 7) is 0. The third kappa shape index (κ3) is 3.60. The van der Waals surface area contributed by atoms with Gasteiger partial charge in [0.25, 0.3) is 10.0 Å². The van der Waals surface area contributed by atoms with Crippen LogP contribution in [0.5, 0.6) is 5.75 Å². The average Bonchev–Trinajstić information content (AvgIpc) is 2.38. The molecule has 0 radical (unpaired) electrons. The van der Waals surface area contributed by atoms with Crippen LogP contribution in [0.4, 0.5) is 5.69 Å². The molecule has 1 aromatic heterocycles. The molecule has 0 aliphatic carbocycles. The number of pyridine rings is 1. The molecule has 2 aromatic rings. The number of aromatic nitrogens is 1. The van der Waals surface area contributed by atoms with Crippen LogP contribution in [0, 0.1) is 0 Å². The van der Waals surface area contributed by atoms with Crippen LogP contribution in [-0.4, -0.2) is 20.5 Å². The minimum absolute atomic E-state index is 0.0672. The van der Waals surface area contributed by atoms with Gasteiger partial charge in [0, 0.05) is 17.4 Å². The molecule has 0 atom stereocenters. The van der Waals surface area contributed by atoms with Crippen molar-refractivity contribution in [1.29, 1.82) is 0 Å². The maximum absolute atomic E-state index is 12.4. The molecular weight excluding hydrogens is 403 g/mol. The van der Waals surface area contributed by atoms with Crippen LogP contribution >= 0.6 is 39.1 Å². The molecule has 21 heavy (non-hydrogen) atoms. The summed E-state index contributed by atoms with van der Waals surface area (Å²) in [5.41, 5.74) is 0.191. The van der Waals surface area contributed by atoms with Gasteiger partial charge >= 0.3 is 0 Å². The van der Waals surface area contributed by atoms with Gasteiger partial charge in [0.15, 0.2) is 5.75 Å². The maximum atomic E-state index is 12.4. The van der Waals surface area contributed by atoms with Gasteiger partial charge in [-0.2, -0.15) is 0 Å². The number of ether oxygens (including phenoxy) is 1. The number of halogens is 3. The van der Waals surface area contributed by atoms with Crippen molar-refractivity contribution < 1.29 is 13.2 Å². The van der Waals surface area contributed by atoms with Crippen molar-refractivity contribution in [2.75, 3.05) is 11.8 Å². The molecule has 5 nitrogen and oxygen atoms in total. The van der Waals surface area contributed by atoms with Gasteiger partial charge < -0.3 is 4.74 Å². The molecule has 1 heterocycles. The fourth-order valence-electron chi connectivity index (χ4n) is 1.60. The number of sulfonamides is 1. The lowest BCUT2D eigenvalue weighted by atomic mass is 10.3. The molecule has 0 bridgehead atoms. The number of rotatable bonds is 4. The summed E-state index contributed by atoms with van der Waals surface area (Å²) >= 11 is 15.1. The monoisotopic (exact) mass is 410 g/mol. The van der Waals surface area contributed by atoms with Crippen molar-refractivity contribution in [3.8, 4) is 5.75 Å². The molecule has 0 spiro atoms. The lowest BCUT2D eigenvalue weighted by Crippen LogP contribution is -2.14. The fraction of sp³-hybridized carbons (Fsp3) is 0.0833. The minimum atomic E-state index is -3.91. The average molecular weight is 412 g/mol. The second-order valence-corrected chi connectivity index (χ2v) is 7.23. The van der Waals surface area contributed by atoms with Gasteiger partial charge in [-0.15, -0.1) is 0 Å². The van der Waals surface area contributed by atoms with Gasteiger partial charge in [-0.05, 0) is 34.1 Å². The van der Waals surface area contributed by atoms with Crippen molar-refractivity contribution in [2.45, 2.75) is 4.90 Å². The summed E-state index contributed by atoms with van der Waals surface area (Å²) in [7, 11) is -2.49. The topological polar surface area (TPSA) is 68.3 Å². The Labute approximate surface area is 140 Å². The number of hydrogen-bond acceptors (Lipinski definition) is 4. The van der Waals surface area contributed by atoms with Crippen molar-refractivity contribution in [1.82, 2.24) is 4.98 Å². The molecule has 0 unspecified atom stereocenters. The van der Waals surface area contributed by atoms with E-state index in [1.165, 1.54) is 25.4 Å². The van der Waals surface area contributed by atoms with Crippen LogP contribution < -0.4 is 9.46 Å². The largest absolute Gasteiger partial charge is 0.493 e. The Bertz CT molecular complexity index is 784. The van der Waals surface area contributed by atoms with E-state index in [0.717, 1.165) is 6.20 Å². The van der Waals surface area contributed by atoms with E-state index in [0.29, 0.717) is 15.2 Å². The van der Waals surface area contributed by atoms with Gasteiger partial charge in [0.1, 0.15) is 4.90 Å². The van der Waals surface area contributed by atoms with Crippen LogP contribution in [0.25, 0.3) is 0 Å². The Morgan fingerprint density at radius 1 is 1.33 bits per heavy atom. The van der Waals surface area contributed by atoms with Gasteiger partial charge in [-0.1, -0.05) is 23.2 Å². The quantitative estimate of drug-likeness (QED) is 0.826. The molecule has 0 saturated heterocycles. The molecule has 0 saturated carbocycles. The van der Waals surface area contributed by atoms with Gasteiger partial charge in [-0.25, -0.2) is 8.42 Å². The first-order valence-corrected chi connectivity index (χ1v) is 8.53. The first-order valence-electron chi connectivity index (χ1n) is 5.50. The van der Waals surface area contributed by atoms with E-state index >= 15 is 0 Å². The first-order chi connectivity index (χ1) is 9.85. The predicted octanol–water partition coefficient (Wildman–Crippen LogP) is 3.96. The second kappa shape index (κ2) is 6.39. The molecule has 112 valence electrons. The normalized spacial score (nSPS) is 11.2. The fourth-order valence-corrected chi connectivity index (χ4v) is 4.06. The third-order valence-electron chi connectivity index (χ3n) is 2.48. The lowest BCUT2D eigenvalue weighted by molar-refractivity contribution is 0.414. The molecule has 1 aromatic carbocycles. The number of benzene rings is 1. The number of anilines is 1. The molecule has 1 N–H and O–H groups in total. The van der Waals surface area contributed by atoms with Crippen molar-refractivity contribution >= 4 is 54.8 Å². The number of nitrogens with zero attached hydrogens (tertiary/aromatic N) is 1. The standard InChI is InChI=1S/C12H9BrCl2N2O3S/c1-20-12-8(13)4-7(14)5-10(12)17-21(18,19)11-6-16-3-2-9(11)15/h2-6,17H,1H3. The molecule has 0 fully saturated rings. The number of methoxy groups -OCH3 is 1. The number of hydrogen-bond donors (Lipinski definition) is 1. The van der Waals surface area contributed by atoms with E-state index in [1.54, 1.807) is 6.07 Å². The maximum Gasteiger partial charge on any atom is 0.265 e. The van der Waals surface area contributed by atoms with E-state index < -0.39 is 10.0 Å². The highest BCUT2D eigenvalue weighted by atomic mass is 79.9. The Hall–Kier alpha value is -1.02. The summed E-state index contributed by atoms with van der Waals surface area (Å²) < 4.78 is 32.8. The van der Waals surface area contributed by atoms with E-state index in [1.807, 2.05) is 0 Å². The summed E-state index contributed by atoms with van der Waals surface area (Å²) in [5.74, 6) is 0.308. The number of nitrogens with one attached hydrogen (secondary N) is 1. The highest BCUT2D eigenvalue weighted by molar-refractivity contribution is 9.10. The van der Waals surface area contributed by atoms with Crippen molar-refractivity contribution in [3.63, 3.8) is 0 Å². The molecule has 2 rings (SSSR count). The Morgan fingerprint density at radius 2 is 2.05 bits per heavy atom. The molecule has 9 heteroatoms. The molecule has 0 amide bonds. The molecule has 0 aliphatic rings. The van der Waals surface area contributed by atoms with E-state index in [9.17, 15) is 8.42 Å². The van der Waals surface area contributed by atoms with E-state index in [2.05, 4.69) is 25.6 Å². The predicted molar refractivity (Wildman–Crippen MR) is 85.8 cm³/mol. The zero-order valence-electron chi connectivity index (χ0n) is 10.6.